The summed E-state index contributed by atoms with van der Waals surface area (Å²) in [5, 5.41) is 3.09. The van der Waals surface area contributed by atoms with Gasteiger partial charge in [0.15, 0.2) is 5.96 Å². The lowest BCUT2D eigenvalue weighted by atomic mass is 10.1. The second kappa shape index (κ2) is 7.84. The highest BCUT2D eigenvalue weighted by molar-refractivity contribution is 9.10. The van der Waals surface area contributed by atoms with Crippen molar-refractivity contribution in [2.75, 3.05) is 12.4 Å². The maximum atomic E-state index is 5.94. The van der Waals surface area contributed by atoms with Crippen LogP contribution in [0.5, 0.6) is 5.75 Å². The van der Waals surface area contributed by atoms with E-state index in [1.54, 1.807) is 7.11 Å². The number of ether oxygens (including phenoxy) is 1. The van der Waals surface area contributed by atoms with Crippen molar-refractivity contribution in [3.8, 4) is 5.75 Å². The third-order valence-electron chi connectivity index (χ3n) is 3.30. The van der Waals surface area contributed by atoms with Gasteiger partial charge in [0.2, 0.25) is 0 Å². The Morgan fingerprint density at radius 3 is 2.59 bits per heavy atom. The Morgan fingerprint density at radius 2 is 1.95 bits per heavy atom. The first-order valence-corrected chi connectivity index (χ1v) is 7.90. The second-order valence-corrected chi connectivity index (χ2v) is 5.75. The zero-order valence-corrected chi connectivity index (χ0v) is 14.4. The van der Waals surface area contributed by atoms with Crippen LogP contribution in [0.15, 0.2) is 51.9 Å². The smallest absolute Gasteiger partial charge is 0.193 e. The van der Waals surface area contributed by atoms with Crippen LogP contribution in [0.4, 0.5) is 5.69 Å². The molecule has 3 N–H and O–H groups in total. The SMILES string of the molecule is CCc1ccc(NC(N)=NCc2cc(Br)ccc2OC)cc1. The van der Waals surface area contributed by atoms with Gasteiger partial charge in [-0.1, -0.05) is 35.0 Å². The quantitative estimate of drug-likeness (QED) is 0.626. The highest BCUT2D eigenvalue weighted by atomic mass is 79.9. The van der Waals surface area contributed by atoms with Crippen molar-refractivity contribution < 1.29 is 4.74 Å². The molecule has 2 aromatic rings. The number of guanidine groups is 1. The first kappa shape index (κ1) is 16.4. The lowest BCUT2D eigenvalue weighted by molar-refractivity contribution is 0.410. The molecule has 0 aliphatic heterocycles. The Kier molecular flexibility index (Phi) is 5.83. The Bertz CT molecular complexity index is 653. The third kappa shape index (κ3) is 4.49. The van der Waals surface area contributed by atoms with Crippen molar-refractivity contribution in [1.82, 2.24) is 0 Å². The third-order valence-corrected chi connectivity index (χ3v) is 3.79. The average molecular weight is 362 g/mol. The number of aryl methyl sites for hydroxylation is 1. The molecule has 0 fully saturated rings. The second-order valence-electron chi connectivity index (χ2n) is 4.83. The molecule has 0 aromatic heterocycles. The maximum absolute atomic E-state index is 5.94. The summed E-state index contributed by atoms with van der Waals surface area (Å²) in [4.78, 5) is 4.36. The Balaban J connectivity index is 2.04. The monoisotopic (exact) mass is 361 g/mol. The summed E-state index contributed by atoms with van der Waals surface area (Å²) in [6, 6.07) is 14.0. The predicted octanol–water partition coefficient (Wildman–Crippen LogP) is 3.95. The summed E-state index contributed by atoms with van der Waals surface area (Å²) in [6.45, 7) is 2.58. The fraction of sp³-hybridized carbons (Fsp3) is 0.235. The molecule has 0 unspecified atom stereocenters. The van der Waals surface area contributed by atoms with Crippen LogP contribution in [0.25, 0.3) is 0 Å². The highest BCUT2D eigenvalue weighted by Crippen LogP contribution is 2.23. The van der Waals surface area contributed by atoms with Crippen molar-refractivity contribution in [2.45, 2.75) is 19.9 Å². The van der Waals surface area contributed by atoms with Crippen LogP contribution in [0.3, 0.4) is 0 Å². The topological polar surface area (TPSA) is 59.6 Å². The van der Waals surface area contributed by atoms with E-state index in [0.717, 1.165) is 27.9 Å². The fourth-order valence-corrected chi connectivity index (χ4v) is 2.46. The molecular weight excluding hydrogens is 342 g/mol. The van der Waals surface area contributed by atoms with Gasteiger partial charge in [-0.3, -0.25) is 0 Å². The number of halogens is 1. The van der Waals surface area contributed by atoms with E-state index in [1.807, 2.05) is 30.3 Å². The fourth-order valence-electron chi connectivity index (χ4n) is 2.05. The molecule has 0 atom stereocenters. The van der Waals surface area contributed by atoms with Crippen LogP contribution in [0.2, 0.25) is 0 Å². The van der Waals surface area contributed by atoms with Crippen LogP contribution >= 0.6 is 15.9 Å². The number of nitrogens with zero attached hydrogens (tertiary/aromatic N) is 1. The number of hydrogen-bond acceptors (Lipinski definition) is 2. The molecule has 5 heteroatoms. The van der Waals surface area contributed by atoms with Crippen LogP contribution in [0, 0.1) is 0 Å². The molecule has 0 saturated carbocycles. The van der Waals surface area contributed by atoms with E-state index in [0.29, 0.717) is 12.5 Å². The molecular formula is C17H20BrN3O. The number of aliphatic imine (C=N–C) groups is 1. The molecule has 0 saturated heterocycles. The summed E-state index contributed by atoms with van der Waals surface area (Å²) in [7, 11) is 1.65. The molecule has 22 heavy (non-hydrogen) atoms. The number of nitrogens with one attached hydrogen (secondary N) is 1. The number of anilines is 1. The minimum Gasteiger partial charge on any atom is -0.496 e. The summed E-state index contributed by atoms with van der Waals surface area (Å²) in [6.07, 6.45) is 1.02. The largest absolute Gasteiger partial charge is 0.496 e. The van der Waals surface area contributed by atoms with Crippen LogP contribution in [-0.4, -0.2) is 13.1 Å². The van der Waals surface area contributed by atoms with Crippen molar-refractivity contribution in [1.29, 1.82) is 0 Å². The molecule has 116 valence electrons. The van der Waals surface area contributed by atoms with Gasteiger partial charge in [-0.05, 0) is 42.3 Å². The highest BCUT2D eigenvalue weighted by Gasteiger charge is 2.03. The van der Waals surface area contributed by atoms with Crippen molar-refractivity contribution >= 4 is 27.6 Å². The first-order chi connectivity index (χ1) is 10.6. The normalized spacial score (nSPS) is 11.3. The Hall–Kier alpha value is -2.01. The molecule has 0 heterocycles. The van der Waals surface area contributed by atoms with Gasteiger partial charge in [0, 0.05) is 15.7 Å². The number of hydrogen-bond donors (Lipinski definition) is 2. The Labute approximate surface area is 139 Å². The lowest BCUT2D eigenvalue weighted by Gasteiger charge is -2.09. The molecule has 0 radical (unpaired) electrons. The zero-order valence-electron chi connectivity index (χ0n) is 12.8. The van der Waals surface area contributed by atoms with E-state index in [-0.39, 0.29) is 0 Å². The summed E-state index contributed by atoms with van der Waals surface area (Å²) < 4.78 is 6.31. The average Bonchev–Trinajstić information content (AvgIpc) is 2.54. The molecule has 0 aliphatic rings. The summed E-state index contributed by atoms with van der Waals surface area (Å²) >= 11 is 3.45. The van der Waals surface area contributed by atoms with Crippen molar-refractivity contribution in [3.63, 3.8) is 0 Å². The van der Waals surface area contributed by atoms with E-state index < -0.39 is 0 Å². The van der Waals surface area contributed by atoms with Gasteiger partial charge < -0.3 is 15.8 Å². The molecule has 0 spiro atoms. The van der Waals surface area contributed by atoms with Gasteiger partial charge in [-0.2, -0.15) is 0 Å². The Morgan fingerprint density at radius 1 is 1.23 bits per heavy atom. The van der Waals surface area contributed by atoms with Gasteiger partial charge in [-0.25, -0.2) is 4.99 Å². The standard InChI is InChI=1S/C17H20BrN3O/c1-3-12-4-7-15(8-5-12)21-17(19)20-11-13-10-14(18)6-9-16(13)22-2/h4-10H,3,11H2,1-2H3,(H3,19,20,21). The minimum absolute atomic E-state index is 0.381. The first-order valence-electron chi connectivity index (χ1n) is 7.10. The summed E-state index contributed by atoms with van der Waals surface area (Å²) in [5.74, 6) is 1.18. The molecule has 4 nitrogen and oxygen atoms in total. The molecule has 0 aliphatic carbocycles. The van der Waals surface area contributed by atoms with Crippen LogP contribution < -0.4 is 15.8 Å². The van der Waals surface area contributed by atoms with Crippen molar-refractivity contribution in [2.24, 2.45) is 10.7 Å². The van der Waals surface area contributed by atoms with Crippen LogP contribution in [-0.2, 0) is 13.0 Å². The number of rotatable bonds is 5. The van der Waals surface area contributed by atoms with Crippen molar-refractivity contribution in [3.05, 3.63) is 58.1 Å². The number of methoxy groups -OCH3 is 1. The molecule has 0 bridgehead atoms. The van der Waals surface area contributed by atoms with E-state index in [9.17, 15) is 0 Å². The molecule has 0 amide bonds. The van der Waals surface area contributed by atoms with Gasteiger partial charge in [-0.15, -0.1) is 0 Å². The van der Waals surface area contributed by atoms with E-state index >= 15 is 0 Å². The number of nitrogens with two attached hydrogens (primary N) is 1. The zero-order chi connectivity index (χ0) is 15.9. The molecule has 2 aromatic carbocycles. The maximum Gasteiger partial charge on any atom is 0.193 e. The van der Waals surface area contributed by atoms with Gasteiger partial charge in [0.25, 0.3) is 0 Å². The van der Waals surface area contributed by atoms with Crippen LogP contribution in [0.1, 0.15) is 18.1 Å². The van der Waals surface area contributed by atoms with Gasteiger partial charge in [0.05, 0.1) is 13.7 Å². The minimum atomic E-state index is 0.381. The van der Waals surface area contributed by atoms with Gasteiger partial charge >= 0.3 is 0 Å². The van der Waals surface area contributed by atoms with Gasteiger partial charge in [0.1, 0.15) is 5.75 Å². The number of benzene rings is 2. The molecule has 2 rings (SSSR count). The summed E-state index contributed by atoms with van der Waals surface area (Å²) in [5.41, 5.74) is 9.14. The predicted molar refractivity (Wildman–Crippen MR) is 95.5 cm³/mol. The van der Waals surface area contributed by atoms with E-state index in [1.165, 1.54) is 5.56 Å². The lowest BCUT2D eigenvalue weighted by Crippen LogP contribution is -2.22. The van der Waals surface area contributed by atoms with E-state index in [4.69, 9.17) is 10.5 Å². The van der Waals surface area contributed by atoms with E-state index in [2.05, 4.69) is 45.3 Å².